The summed E-state index contributed by atoms with van der Waals surface area (Å²) < 4.78 is 23.1. The first-order valence-corrected chi connectivity index (χ1v) is 5.92. The molecule has 0 bridgehead atoms. The van der Waals surface area contributed by atoms with E-state index in [0.29, 0.717) is 5.56 Å². The van der Waals surface area contributed by atoms with Crippen LogP contribution >= 0.6 is 0 Å². The Kier molecular flexibility index (Phi) is 4.13. The van der Waals surface area contributed by atoms with E-state index in [-0.39, 0.29) is 5.89 Å². The second-order valence-electron chi connectivity index (χ2n) is 4.10. The van der Waals surface area contributed by atoms with Crippen molar-refractivity contribution in [1.29, 1.82) is 5.26 Å². The van der Waals surface area contributed by atoms with E-state index in [2.05, 4.69) is 5.10 Å². The van der Waals surface area contributed by atoms with Gasteiger partial charge in [0.15, 0.2) is 6.10 Å². The Balaban J connectivity index is 2.16. The van der Waals surface area contributed by atoms with Gasteiger partial charge in [-0.25, -0.2) is 14.0 Å². The van der Waals surface area contributed by atoms with E-state index in [1.54, 1.807) is 6.07 Å². The Labute approximate surface area is 118 Å². The molecule has 21 heavy (non-hydrogen) atoms. The fourth-order valence-corrected chi connectivity index (χ4v) is 1.50. The second kappa shape index (κ2) is 6.00. The quantitative estimate of drug-likeness (QED) is 0.782. The van der Waals surface area contributed by atoms with E-state index in [9.17, 15) is 14.0 Å². The summed E-state index contributed by atoms with van der Waals surface area (Å²) >= 11 is 0. The van der Waals surface area contributed by atoms with Crippen LogP contribution in [0.25, 0.3) is 11.5 Å². The molecule has 1 aromatic heterocycles. The largest absolute Gasteiger partial charge is 0.446 e. The van der Waals surface area contributed by atoms with Gasteiger partial charge in [0.25, 0.3) is 0 Å². The maximum Gasteiger partial charge on any atom is 0.437 e. The van der Waals surface area contributed by atoms with Gasteiger partial charge in [-0.15, -0.1) is 5.10 Å². The minimum atomic E-state index is -0.920. The van der Waals surface area contributed by atoms with E-state index in [0.717, 1.165) is 4.68 Å². The summed E-state index contributed by atoms with van der Waals surface area (Å²) in [6.07, 6.45) is -0.920. The van der Waals surface area contributed by atoms with E-state index in [4.69, 9.17) is 14.4 Å². The summed E-state index contributed by atoms with van der Waals surface area (Å²) in [5.74, 6) is -2.11. The van der Waals surface area contributed by atoms with Crippen LogP contribution in [0.4, 0.5) is 4.39 Å². The van der Waals surface area contributed by atoms with E-state index < -0.39 is 30.2 Å². The van der Waals surface area contributed by atoms with Crippen molar-refractivity contribution in [3.05, 3.63) is 40.6 Å². The fourth-order valence-electron chi connectivity index (χ4n) is 1.50. The van der Waals surface area contributed by atoms with Crippen molar-refractivity contribution in [2.75, 3.05) is 0 Å². The topological polar surface area (TPSA) is 98.1 Å². The summed E-state index contributed by atoms with van der Waals surface area (Å²) in [5, 5.41) is 12.3. The minimum absolute atomic E-state index is 0.0406. The molecule has 7 nitrogen and oxygen atoms in total. The van der Waals surface area contributed by atoms with Gasteiger partial charge in [0, 0.05) is 5.56 Å². The lowest BCUT2D eigenvalue weighted by molar-refractivity contribution is -0.146. The van der Waals surface area contributed by atoms with Gasteiger partial charge in [-0.1, -0.05) is 0 Å². The zero-order valence-corrected chi connectivity index (χ0v) is 10.9. The number of hydrogen-bond acceptors (Lipinski definition) is 6. The van der Waals surface area contributed by atoms with Crippen LogP contribution in [0.5, 0.6) is 0 Å². The van der Waals surface area contributed by atoms with E-state index >= 15 is 0 Å². The van der Waals surface area contributed by atoms with E-state index in [1.807, 2.05) is 0 Å². The van der Waals surface area contributed by atoms with Crippen molar-refractivity contribution < 1.29 is 18.3 Å². The summed E-state index contributed by atoms with van der Waals surface area (Å²) in [7, 11) is 0. The highest BCUT2D eigenvalue weighted by atomic mass is 19.1. The first-order chi connectivity index (χ1) is 9.99. The number of aromatic nitrogens is 2. The SMILES string of the molecule is C[C@@H](C#N)OC(=O)Cn1nc(-c2ccc(F)cc2)oc1=O. The summed E-state index contributed by atoms with van der Waals surface area (Å²) in [4.78, 5) is 23.0. The van der Waals surface area contributed by atoms with Crippen molar-refractivity contribution >= 4 is 5.97 Å². The molecule has 2 rings (SSSR count). The lowest BCUT2D eigenvalue weighted by Crippen LogP contribution is -2.25. The summed E-state index contributed by atoms with van der Waals surface area (Å²) in [5.41, 5.74) is 0.394. The van der Waals surface area contributed by atoms with Crippen LogP contribution in [0.15, 0.2) is 33.5 Å². The molecule has 0 saturated heterocycles. The Bertz CT molecular complexity index is 742. The smallest absolute Gasteiger partial charge is 0.437 e. The van der Waals surface area contributed by atoms with Crippen LogP contribution < -0.4 is 5.76 Å². The third-order valence-electron chi connectivity index (χ3n) is 2.47. The van der Waals surface area contributed by atoms with Gasteiger partial charge in [-0.2, -0.15) is 9.94 Å². The molecule has 0 aliphatic rings. The molecule has 0 aliphatic carbocycles. The predicted molar refractivity (Wildman–Crippen MR) is 67.3 cm³/mol. The molecule has 0 aliphatic heterocycles. The predicted octanol–water partition coefficient (Wildman–Crippen LogP) is 1.10. The molecule has 1 heterocycles. The third-order valence-corrected chi connectivity index (χ3v) is 2.47. The second-order valence-corrected chi connectivity index (χ2v) is 4.10. The van der Waals surface area contributed by atoms with E-state index in [1.165, 1.54) is 31.2 Å². The average Bonchev–Trinajstić information content (AvgIpc) is 2.80. The summed E-state index contributed by atoms with van der Waals surface area (Å²) in [6, 6.07) is 6.89. The first-order valence-electron chi connectivity index (χ1n) is 5.92. The number of esters is 1. The van der Waals surface area contributed by atoms with Gasteiger partial charge in [-0.3, -0.25) is 0 Å². The lowest BCUT2D eigenvalue weighted by Gasteiger charge is -2.04. The van der Waals surface area contributed by atoms with Gasteiger partial charge >= 0.3 is 11.7 Å². The Morgan fingerprint density at radius 2 is 2.19 bits per heavy atom. The normalized spacial score (nSPS) is 11.7. The highest BCUT2D eigenvalue weighted by Gasteiger charge is 2.15. The van der Waals surface area contributed by atoms with Crippen molar-refractivity contribution in [1.82, 2.24) is 9.78 Å². The van der Waals surface area contributed by atoms with Crippen LogP contribution in [0.2, 0.25) is 0 Å². The molecule has 0 radical (unpaired) electrons. The number of carbonyl (C=O) groups excluding carboxylic acids is 1. The maximum absolute atomic E-state index is 12.8. The molecule has 0 N–H and O–H groups in total. The monoisotopic (exact) mass is 291 g/mol. The highest BCUT2D eigenvalue weighted by molar-refractivity contribution is 5.69. The van der Waals surface area contributed by atoms with Crippen LogP contribution in [0, 0.1) is 17.1 Å². The number of nitriles is 1. The van der Waals surface area contributed by atoms with Gasteiger partial charge in [0.05, 0.1) is 0 Å². The average molecular weight is 291 g/mol. The van der Waals surface area contributed by atoms with Crippen LogP contribution in [-0.2, 0) is 16.1 Å². The van der Waals surface area contributed by atoms with Gasteiger partial charge in [0.1, 0.15) is 18.4 Å². The highest BCUT2D eigenvalue weighted by Crippen LogP contribution is 2.15. The molecule has 2 aromatic rings. The number of halogens is 1. The molecular formula is C13H10FN3O4. The number of rotatable bonds is 4. The van der Waals surface area contributed by atoms with Crippen molar-refractivity contribution in [2.24, 2.45) is 0 Å². The summed E-state index contributed by atoms with van der Waals surface area (Å²) in [6.45, 7) is 0.920. The lowest BCUT2D eigenvalue weighted by atomic mass is 10.2. The number of nitrogens with zero attached hydrogens (tertiary/aromatic N) is 3. The maximum atomic E-state index is 12.8. The number of benzene rings is 1. The molecule has 1 aromatic carbocycles. The molecule has 8 heteroatoms. The third kappa shape index (κ3) is 3.54. The molecule has 108 valence electrons. The molecule has 0 saturated carbocycles. The zero-order valence-electron chi connectivity index (χ0n) is 10.9. The molecule has 0 unspecified atom stereocenters. The van der Waals surface area contributed by atoms with Crippen molar-refractivity contribution in [3.63, 3.8) is 0 Å². The van der Waals surface area contributed by atoms with Gasteiger partial charge in [-0.05, 0) is 31.2 Å². The Morgan fingerprint density at radius 3 is 2.81 bits per heavy atom. The van der Waals surface area contributed by atoms with Gasteiger partial charge in [0.2, 0.25) is 5.89 Å². The van der Waals surface area contributed by atoms with Crippen LogP contribution in [0.3, 0.4) is 0 Å². The number of hydrogen-bond donors (Lipinski definition) is 0. The van der Waals surface area contributed by atoms with Crippen LogP contribution in [-0.4, -0.2) is 21.9 Å². The Morgan fingerprint density at radius 1 is 1.52 bits per heavy atom. The molecule has 1 atom stereocenters. The standard InChI is InChI=1S/C13H10FN3O4/c1-8(6-15)20-11(18)7-17-13(19)21-12(16-17)9-2-4-10(14)5-3-9/h2-5,8H,7H2,1H3/t8-/m0/s1. The van der Waals surface area contributed by atoms with Crippen LogP contribution in [0.1, 0.15) is 6.92 Å². The fraction of sp³-hybridized carbons (Fsp3) is 0.231. The number of ether oxygens (including phenoxy) is 1. The number of carbonyl (C=O) groups is 1. The molecule has 0 spiro atoms. The van der Waals surface area contributed by atoms with Crippen molar-refractivity contribution in [2.45, 2.75) is 19.6 Å². The minimum Gasteiger partial charge on any atom is -0.446 e. The zero-order chi connectivity index (χ0) is 15.4. The van der Waals surface area contributed by atoms with Gasteiger partial charge < -0.3 is 9.15 Å². The Hall–Kier alpha value is -2.95. The molecule has 0 fully saturated rings. The molecule has 0 amide bonds. The van der Waals surface area contributed by atoms with Crippen molar-refractivity contribution in [3.8, 4) is 17.5 Å². The molecular weight excluding hydrogens is 281 g/mol. The first kappa shape index (κ1) is 14.5.